The van der Waals surface area contributed by atoms with Gasteiger partial charge in [-0.05, 0) is 20.0 Å². The topological polar surface area (TPSA) is 35.5 Å². The summed E-state index contributed by atoms with van der Waals surface area (Å²) in [7, 11) is 2.13. The normalized spacial score (nSPS) is 27.6. The van der Waals surface area contributed by atoms with E-state index in [9.17, 15) is 0 Å². The number of nitrogens with one attached hydrogen (secondary N) is 1. The Balaban J connectivity index is 2.06. The molecule has 1 saturated heterocycles. The second kappa shape index (κ2) is 3.91. The maximum atomic E-state index is 8.52. The number of nitrogens with zero attached hydrogens (tertiary/aromatic N) is 1. The molecular weight excluding hydrogens is 128 g/mol. The maximum Gasteiger partial charge on any atom is 0.0556 e. The summed E-state index contributed by atoms with van der Waals surface area (Å²) in [5, 5.41) is 11.8. The number of hydrogen-bond donors (Lipinski definition) is 2. The van der Waals surface area contributed by atoms with Crippen LogP contribution in [0.3, 0.4) is 0 Å². The fourth-order valence-corrected chi connectivity index (χ4v) is 1.37. The molecule has 1 aliphatic rings. The monoisotopic (exact) mass is 144 g/mol. The van der Waals surface area contributed by atoms with Crippen LogP contribution in [-0.4, -0.2) is 49.3 Å². The van der Waals surface area contributed by atoms with Gasteiger partial charge >= 0.3 is 0 Å². The lowest BCUT2D eigenvalue weighted by Gasteiger charge is -2.10. The van der Waals surface area contributed by atoms with E-state index in [0.29, 0.717) is 6.04 Å². The predicted octanol–water partition coefficient (Wildman–Crippen LogP) is -0.728. The Kier molecular flexibility index (Phi) is 3.12. The number of likely N-dealkylation sites (N-methyl/N-ethyl adjacent to an activating group) is 1. The van der Waals surface area contributed by atoms with Crippen molar-refractivity contribution in [2.45, 2.75) is 12.5 Å². The molecule has 0 saturated carbocycles. The molecule has 1 fully saturated rings. The van der Waals surface area contributed by atoms with E-state index in [-0.39, 0.29) is 6.61 Å². The Morgan fingerprint density at radius 2 is 2.50 bits per heavy atom. The molecule has 0 aromatic heterocycles. The van der Waals surface area contributed by atoms with E-state index in [2.05, 4.69) is 17.3 Å². The molecule has 1 atom stereocenters. The van der Waals surface area contributed by atoms with Gasteiger partial charge < -0.3 is 15.3 Å². The zero-order chi connectivity index (χ0) is 7.40. The van der Waals surface area contributed by atoms with Gasteiger partial charge in [0.05, 0.1) is 6.61 Å². The molecule has 0 aliphatic carbocycles. The molecule has 10 heavy (non-hydrogen) atoms. The molecule has 0 aromatic carbocycles. The van der Waals surface area contributed by atoms with Crippen LogP contribution in [0.4, 0.5) is 0 Å². The van der Waals surface area contributed by atoms with Crippen LogP contribution >= 0.6 is 0 Å². The fourth-order valence-electron chi connectivity index (χ4n) is 1.37. The van der Waals surface area contributed by atoms with E-state index in [1.807, 2.05) is 0 Å². The smallest absolute Gasteiger partial charge is 0.0556 e. The standard InChI is InChI=1S/C7H16N2O/c1-9-4-2-7(6-9)8-3-5-10/h7-8,10H,2-6H2,1H3. The van der Waals surface area contributed by atoms with Crippen molar-refractivity contribution in [2.75, 3.05) is 33.3 Å². The van der Waals surface area contributed by atoms with Crippen LogP contribution in [0.5, 0.6) is 0 Å². The molecule has 1 unspecified atom stereocenters. The second-order valence-corrected chi connectivity index (χ2v) is 2.93. The van der Waals surface area contributed by atoms with Gasteiger partial charge in [0, 0.05) is 19.1 Å². The quantitative estimate of drug-likeness (QED) is 0.548. The van der Waals surface area contributed by atoms with Gasteiger partial charge in [0.2, 0.25) is 0 Å². The van der Waals surface area contributed by atoms with E-state index in [1.54, 1.807) is 0 Å². The fraction of sp³-hybridized carbons (Fsp3) is 1.00. The van der Waals surface area contributed by atoms with Crippen molar-refractivity contribution in [3.8, 4) is 0 Å². The van der Waals surface area contributed by atoms with Crippen LogP contribution in [0.2, 0.25) is 0 Å². The van der Waals surface area contributed by atoms with Gasteiger partial charge in [-0.2, -0.15) is 0 Å². The summed E-state index contributed by atoms with van der Waals surface area (Å²) in [5.41, 5.74) is 0. The molecule has 0 aromatic rings. The molecule has 1 aliphatic heterocycles. The first-order valence-electron chi connectivity index (χ1n) is 3.85. The van der Waals surface area contributed by atoms with Crippen molar-refractivity contribution >= 4 is 0 Å². The van der Waals surface area contributed by atoms with Gasteiger partial charge in [-0.25, -0.2) is 0 Å². The summed E-state index contributed by atoms with van der Waals surface area (Å²) in [4.78, 5) is 2.30. The molecule has 1 heterocycles. The highest BCUT2D eigenvalue weighted by atomic mass is 16.3. The van der Waals surface area contributed by atoms with Crippen LogP contribution in [0, 0.1) is 0 Å². The molecule has 3 heteroatoms. The van der Waals surface area contributed by atoms with Crippen LogP contribution in [-0.2, 0) is 0 Å². The van der Waals surface area contributed by atoms with Gasteiger partial charge in [-0.15, -0.1) is 0 Å². The Hall–Kier alpha value is -0.120. The van der Waals surface area contributed by atoms with Crippen molar-refractivity contribution < 1.29 is 5.11 Å². The SMILES string of the molecule is CN1CCC(NCCO)C1. The van der Waals surface area contributed by atoms with Gasteiger partial charge in [0.1, 0.15) is 0 Å². The van der Waals surface area contributed by atoms with E-state index < -0.39 is 0 Å². The van der Waals surface area contributed by atoms with Crippen molar-refractivity contribution in [3.63, 3.8) is 0 Å². The summed E-state index contributed by atoms with van der Waals surface area (Å²) in [6.45, 7) is 3.29. The first kappa shape index (κ1) is 7.98. The third kappa shape index (κ3) is 2.25. The molecule has 0 spiro atoms. The Labute approximate surface area is 62.0 Å². The minimum absolute atomic E-state index is 0.250. The van der Waals surface area contributed by atoms with Crippen molar-refractivity contribution in [1.29, 1.82) is 0 Å². The average Bonchev–Trinajstić information content (AvgIpc) is 2.31. The van der Waals surface area contributed by atoms with Gasteiger partial charge in [-0.1, -0.05) is 0 Å². The summed E-state index contributed by atoms with van der Waals surface area (Å²) in [5.74, 6) is 0. The largest absolute Gasteiger partial charge is 0.395 e. The van der Waals surface area contributed by atoms with E-state index in [4.69, 9.17) is 5.11 Å². The molecule has 60 valence electrons. The van der Waals surface area contributed by atoms with Crippen molar-refractivity contribution in [2.24, 2.45) is 0 Å². The first-order valence-corrected chi connectivity index (χ1v) is 3.85. The van der Waals surface area contributed by atoms with E-state index >= 15 is 0 Å². The Morgan fingerprint density at radius 1 is 1.70 bits per heavy atom. The number of aliphatic hydroxyl groups excluding tert-OH is 1. The minimum Gasteiger partial charge on any atom is -0.395 e. The first-order chi connectivity index (χ1) is 4.83. The summed E-state index contributed by atoms with van der Waals surface area (Å²) in [6, 6.07) is 0.608. The Morgan fingerprint density at radius 3 is 3.00 bits per heavy atom. The molecule has 1 rings (SSSR count). The maximum absolute atomic E-state index is 8.52. The van der Waals surface area contributed by atoms with Crippen LogP contribution < -0.4 is 5.32 Å². The van der Waals surface area contributed by atoms with Crippen LogP contribution in [0.25, 0.3) is 0 Å². The van der Waals surface area contributed by atoms with Crippen LogP contribution in [0.1, 0.15) is 6.42 Å². The third-order valence-corrected chi connectivity index (χ3v) is 1.94. The number of hydrogen-bond acceptors (Lipinski definition) is 3. The average molecular weight is 144 g/mol. The van der Waals surface area contributed by atoms with E-state index in [1.165, 1.54) is 13.0 Å². The molecule has 3 nitrogen and oxygen atoms in total. The summed E-state index contributed by atoms with van der Waals surface area (Å²) in [6.07, 6.45) is 1.22. The van der Waals surface area contributed by atoms with Gasteiger partial charge in [0.15, 0.2) is 0 Å². The predicted molar refractivity (Wildman–Crippen MR) is 41.0 cm³/mol. The molecule has 2 N–H and O–H groups in total. The van der Waals surface area contributed by atoms with E-state index in [0.717, 1.165) is 13.1 Å². The highest BCUT2D eigenvalue weighted by Crippen LogP contribution is 2.04. The lowest BCUT2D eigenvalue weighted by Crippen LogP contribution is -2.33. The second-order valence-electron chi connectivity index (χ2n) is 2.93. The Bertz CT molecular complexity index is 97.6. The zero-order valence-electron chi connectivity index (χ0n) is 6.51. The molecule has 0 radical (unpaired) electrons. The lowest BCUT2D eigenvalue weighted by atomic mass is 10.3. The number of likely N-dealkylation sites (tertiary alicyclic amines) is 1. The zero-order valence-corrected chi connectivity index (χ0v) is 6.51. The minimum atomic E-state index is 0.250. The van der Waals surface area contributed by atoms with Gasteiger partial charge in [0.25, 0.3) is 0 Å². The molecular formula is C7H16N2O. The highest BCUT2D eigenvalue weighted by molar-refractivity contribution is 4.78. The highest BCUT2D eigenvalue weighted by Gasteiger charge is 2.17. The summed E-state index contributed by atoms with van der Waals surface area (Å²) >= 11 is 0. The number of aliphatic hydroxyl groups is 1. The molecule has 0 bridgehead atoms. The third-order valence-electron chi connectivity index (χ3n) is 1.94. The van der Waals surface area contributed by atoms with Crippen molar-refractivity contribution in [1.82, 2.24) is 10.2 Å². The number of rotatable bonds is 3. The summed E-state index contributed by atoms with van der Waals surface area (Å²) < 4.78 is 0. The lowest BCUT2D eigenvalue weighted by molar-refractivity contribution is 0.283. The van der Waals surface area contributed by atoms with Crippen LogP contribution in [0.15, 0.2) is 0 Å². The van der Waals surface area contributed by atoms with Gasteiger partial charge in [-0.3, -0.25) is 0 Å². The van der Waals surface area contributed by atoms with Crippen molar-refractivity contribution in [3.05, 3.63) is 0 Å². The molecule has 0 amide bonds.